The lowest BCUT2D eigenvalue weighted by atomic mass is 9.79. The predicted molar refractivity (Wildman–Crippen MR) is 108 cm³/mol. The maximum Gasteiger partial charge on any atom is 0.531 e. The molecule has 31 heavy (non-hydrogen) atoms. The minimum Gasteiger partial charge on any atom is -0.428 e. The standard InChI is InChI=1S/C21H35NO9/c1-8-20(9-2)12-17(18(25)28-13-27-14(5)23)21(10-3,11-4)22(20)31-19(26)30-16(7)29-15(6)24/h16-17H,8-13H2,1-7H3. The molecular formula is C21H35NO9. The predicted octanol–water partition coefficient (Wildman–Crippen LogP) is 3.47. The van der Waals surface area contributed by atoms with Crippen molar-refractivity contribution in [2.75, 3.05) is 6.79 Å². The number of esters is 3. The molecule has 178 valence electrons. The van der Waals surface area contributed by atoms with E-state index in [1.807, 2.05) is 27.7 Å². The molecule has 0 spiro atoms. The molecule has 0 aliphatic carbocycles. The van der Waals surface area contributed by atoms with Crippen molar-refractivity contribution >= 4 is 24.1 Å². The number of nitrogens with zero attached hydrogens (tertiary/aromatic N) is 1. The van der Waals surface area contributed by atoms with Crippen molar-refractivity contribution in [3.8, 4) is 0 Å². The third kappa shape index (κ3) is 6.09. The summed E-state index contributed by atoms with van der Waals surface area (Å²) in [7, 11) is 0. The van der Waals surface area contributed by atoms with Crippen molar-refractivity contribution in [3.63, 3.8) is 0 Å². The van der Waals surface area contributed by atoms with Crippen LogP contribution < -0.4 is 0 Å². The fourth-order valence-corrected chi connectivity index (χ4v) is 4.37. The molecule has 0 bridgehead atoms. The summed E-state index contributed by atoms with van der Waals surface area (Å²) in [6, 6.07) is 0. The lowest BCUT2D eigenvalue weighted by molar-refractivity contribution is -0.244. The van der Waals surface area contributed by atoms with E-state index in [0.717, 1.165) is 0 Å². The van der Waals surface area contributed by atoms with Gasteiger partial charge in [0.15, 0.2) is 0 Å². The second-order valence-electron chi connectivity index (χ2n) is 7.65. The Hall–Kier alpha value is -2.36. The topological polar surface area (TPSA) is 118 Å². The molecule has 10 nitrogen and oxygen atoms in total. The van der Waals surface area contributed by atoms with Gasteiger partial charge in [-0.2, -0.15) is 0 Å². The first-order chi connectivity index (χ1) is 14.5. The summed E-state index contributed by atoms with van der Waals surface area (Å²) in [5.41, 5.74) is -1.47. The number of hydrogen-bond donors (Lipinski definition) is 0. The van der Waals surface area contributed by atoms with Gasteiger partial charge in [-0.3, -0.25) is 14.4 Å². The molecule has 10 heteroatoms. The molecule has 2 unspecified atom stereocenters. The van der Waals surface area contributed by atoms with Crippen LogP contribution in [-0.2, 0) is 38.2 Å². The number of hydrogen-bond acceptors (Lipinski definition) is 10. The van der Waals surface area contributed by atoms with E-state index in [2.05, 4.69) is 0 Å². The second-order valence-corrected chi connectivity index (χ2v) is 7.65. The maximum atomic E-state index is 12.9. The van der Waals surface area contributed by atoms with Crippen LogP contribution in [0.2, 0.25) is 0 Å². The zero-order valence-corrected chi connectivity index (χ0v) is 19.5. The first-order valence-electron chi connectivity index (χ1n) is 10.7. The molecule has 1 aliphatic heterocycles. The van der Waals surface area contributed by atoms with E-state index >= 15 is 0 Å². The summed E-state index contributed by atoms with van der Waals surface area (Å²) < 4.78 is 19.8. The minimum atomic E-state index is -1.12. The Morgan fingerprint density at radius 2 is 1.48 bits per heavy atom. The SMILES string of the molecule is CCC1(CC)CC(C(=O)OCOC(C)=O)C(CC)(CC)N1OC(=O)OC(C)OC(C)=O. The summed E-state index contributed by atoms with van der Waals surface area (Å²) >= 11 is 0. The number of carbonyl (C=O) groups excluding carboxylic acids is 4. The molecule has 0 radical (unpaired) electrons. The molecule has 1 fully saturated rings. The molecule has 0 aromatic rings. The summed E-state index contributed by atoms with van der Waals surface area (Å²) in [5, 5.41) is 1.58. The van der Waals surface area contributed by atoms with Crippen LogP contribution in [0.15, 0.2) is 0 Å². The van der Waals surface area contributed by atoms with E-state index in [4.69, 9.17) is 23.8 Å². The Labute approximate surface area is 183 Å². The van der Waals surface area contributed by atoms with E-state index in [1.165, 1.54) is 20.8 Å². The van der Waals surface area contributed by atoms with Gasteiger partial charge in [0.05, 0.1) is 17.0 Å². The van der Waals surface area contributed by atoms with Crippen LogP contribution in [0.5, 0.6) is 0 Å². The fraction of sp³-hybridized carbons (Fsp3) is 0.810. The smallest absolute Gasteiger partial charge is 0.428 e. The quantitative estimate of drug-likeness (QED) is 0.365. The van der Waals surface area contributed by atoms with Gasteiger partial charge in [-0.25, -0.2) is 4.79 Å². The molecule has 2 atom stereocenters. The van der Waals surface area contributed by atoms with Crippen LogP contribution >= 0.6 is 0 Å². The Kier molecular flexibility index (Phi) is 9.73. The molecule has 1 heterocycles. The number of carbonyl (C=O) groups is 4. The Balaban J connectivity index is 3.18. The maximum absolute atomic E-state index is 12.9. The minimum absolute atomic E-state index is 0.396. The lowest BCUT2D eigenvalue weighted by Gasteiger charge is -2.44. The van der Waals surface area contributed by atoms with Gasteiger partial charge < -0.3 is 23.8 Å². The zero-order chi connectivity index (χ0) is 23.8. The Bertz CT molecular complexity index is 655. The molecule has 1 saturated heterocycles. The molecule has 0 saturated carbocycles. The van der Waals surface area contributed by atoms with Crippen LogP contribution in [0.1, 0.15) is 80.6 Å². The van der Waals surface area contributed by atoms with Crippen molar-refractivity contribution in [1.82, 2.24) is 5.06 Å². The monoisotopic (exact) mass is 445 g/mol. The second kappa shape index (κ2) is 11.3. The molecule has 0 aromatic carbocycles. The normalized spacial score (nSPS) is 20.4. The molecule has 0 aromatic heterocycles. The average molecular weight is 446 g/mol. The third-order valence-corrected chi connectivity index (χ3v) is 6.12. The summed E-state index contributed by atoms with van der Waals surface area (Å²) in [4.78, 5) is 53.2. The van der Waals surface area contributed by atoms with Gasteiger partial charge in [0, 0.05) is 20.8 Å². The van der Waals surface area contributed by atoms with Gasteiger partial charge in [-0.05, 0) is 32.1 Å². The highest BCUT2D eigenvalue weighted by Crippen LogP contribution is 2.52. The molecule has 1 aliphatic rings. The highest BCUT2D eigenvalue weighted by molar-refractivity contribution is 5.75. The van der Waals surface area contributed by atoms with Crippen molar-refractivity contribution in [2.45, 2.75) is 97.9 Å². The molecule has 0 amide bonds. The van der Waals surface area contributed by atoms with E-state index in [-0.39, 0.29) is 0 Å². The highest BCUT2D eigenvalue weighted by Gasteiger charge is 2.63. The van der Waals surface area contributed by atoms with E-state index < -0.39 is 54.1 Å². The van der Waals surface area contributed by atoms with E-state index in [1.54, 1.807) is 5.06 Å². The third-order valence-electron chi connectivity index (χ3n) is 6.12. The first-order valence-corrected chi connectivity index (χ1v) is 10.7. The van der Waals surface area contributed by atoms with Gasteiger partial charge in [0.2, 0.25) is 13.1 Å². The van der Waals surface area contributed by atoms with Gasteiger partial charge >= 0.3 is 24.1 Å². The largest absolute Gasteiger partial charge is 0.531 e. The summed E-state index contributed by atoms with van der Waals surface area (Å²) in [6.45, 7) is 11.1. The van der Waals surface area contributed by atoms with Crippen LogP contribution in [0.3, 0.4) is 0 Å². The van der Waals surface area contributed by atoms with Crippen molar-refractivity contribution in [2.24, 2.45) is 5.92 Å². The Morgan fingerprint density at radius 1 is 0.903 bits per heavy atom. The van der Waals surface area contributed by atoms with Crippen molar-refractivity contribution in [3.05, 3.63) is 0 Å². The number of ether oxygens (including phenoxy) is 4. The van der Waals surface area contributed by atoms with E-state index in [0.29, 0.717) is 32.1 Å². The lowest BCUT2D eigenvalue weighted by Crippen LogP contribution is -2.56. The van der Waals surface area contributed by atoms with Crippen LogP contribution in [0, 0.1) is 5.92 Å². The number of hydroxylamine groups is 2. The number of rotatable bonds is 10. The van der Waals surface area contributed by atoms with Gasteiger partial charge in [0.1, 0.15) is 0 Å². The average Bonchev–Trinajstić information content (AvgIpc) is 2.97. The van der Waals surface area contributed by atoms with Crippen LogP contribution in [0.4, 0.5) is 4.79 Å². The first kappa shape index (κ1) is 26.7. The van der Waals surface area contributed by atoms with Gasteiger partial charge in [0.25, 0.3) is 0 Å². The molecule has 1 rings (SSSR count). The van der Waals surface area contributed by atoms with Crippen molar-refractivity contribution < 1.29 is 43.0 Å². The van der Waals surface area contributed by atoms with Crippen LogP contribution in [-0.4, -0.2) is 53.3 Å². The van der Waals surface area contributed by atoms with Gasteiger partial charge in [-0.15, -0.1) is 5.06 Å². The van der Waals surface area contributed by atoms with Crippen LogP contribution in [0.25, 0.3) is 0 Å². The molecule has 0 N–H and O–H groups in total. The van der Waals surface area contributed by atoms with E-state index in [9.17, 15) is 19.2 Å². The van der Waals surface area contributed by atoms with Gasteiger partial charge in [-0.1, -0.05) is 27.7 Å². The Morgan fingerprint density at radius 3 is 1.94 bits per heavy atom. The highest BCUT2D eigenvalue weighted by atomic mass is 16.9. The summed E-state index contributed by atoms with van der Waals surface area (Å²) in [5.74, 6) is -2.28. The summed E-state index contributed by atoms with van der Waals surface area (Å²) in [6.07, 6.45) is 0.439. The zero-order valence-electron chi connectivity index (χ0n) is 19.5. The molecular weight excluding hydrogens is 410 g/mol. The fourth-order valence-electron chi connectivity index (χ4n) is 4.37. The van der Waals surface area contributed by atoms with Crippen molar-refractivity contribution in [1.29, 1.82) is 0 Å².